The number of nitrogens with zero attached hydrogens (tertiary/aromatic N) is 2. The first-order valence-corrected chi connectivity index (χ1v) is 6.01. The fourth-order valence-corrected chi connectivity index (χ4v) is 1.53. The van der Waals surface area contributed by atoms with Crippen LogP contribution in [0.2, 0.25) is 0 Å². The number of benzene rings is 2. The van der Waals surface area contributed by atoms with Crippen LogP contribution in [0.3, 0.4) is 0 Å². The highest BCUT2D eigenvalue weighted by atomic mass is 16.6. The van der Waals surface area contributed by atoms with E-state index >= 15 is 0 Å². The summed E-state index contributed by atoms with van der Waals surface area (Å²) >= 11 is 0. The summed E-state index contributed by atoms with van der Waals surface area (Å²) in [4.78, 5) is 10.1. The lowest BCUT2D eigenvalue weighted by Crippen LogP contribution is -1.87. The molecule has 0 bridgehead atoms. The minimum Gasteiger partial charge on any atom is -0.279 e. The van der Waals surface area contributed by atoms with Gasteiger partial charge in [-0.15, -0.1) is 0 Å². The molecule has 0 radical (unpaired) electrons. The first-order valence-electron chi connectivity index (χ1n) is 6.01. The first-order chi connectivity index (χ1) is 9.75. The van der Waals surface area contributed by atoms with Gasteiger partial charge in [-0.2, -0.15) is 5.10 Å². The Labute approximate surface area is 116 Å². The summed E-state index contributed by atoms with van der Waals surface area (Å²) in [5.74, 6) is 0. The van der Waals surface area contributed by atoms with Crippen molar-refractivity contribution < 1.29 is 4.92 Å². The van der Waals surface area contributed by atoms with Crippen molar-refractivity contribution in [2.24, 2.45) is 5.10 Å². The molecule has 0 unspecified atom stereocenters. The van der Waals surface area contributed by atoms with Gasteiger partial charge >= 0.3 is 0 Å². The van der Waals surface area contributed by atoms with E-state index in [1.54, 1.807) is 24.4 Å². The molecule has 0 heterocycles. The molecular weight excluding hydrogens is 254 g/mol. The lowest BCUT2D eigenvalue weighted by Gasteiger charge is -1.96. The standard InChI is InChI=1S/C15H13N3O2/c19-18(20)15-10-8-13(9-11-15)5-4-12-16-17-14-6-2-1-3-7-14/h1-12,17H/b5-4+,16-12+. The van der Waals surface area contributed by atoms with Crippen LogP contribution in [0.25, 0.3) is 6.08 Å². The zero-order chi connectivity index (χ0) is 14.2. The van der Waals surface area contributed by atoms with Crippen LogP contribution in [0, 0.1) is 10.1 Å². The van der Waals surface area contributed by atoms with E-state index in [1.165, 1.54) is 12.1 Å². The minimum atomic E-state index is -0.418. The summed E-state index contributed by atoms with van der Waals surface area (Å²) in [6, 6.07) is 15.9. The Morgan fingerprint density at radius 3 is 2.40 bits per heavy atom. The van der Waals surface area contributed by atoms with E-state index < -0.39 is 4.92 Å². The molecule has 0 aliphatic carbocycles. The number of rotatable bonds is 5. The fraction of sp³-hybridized carbons (Fsp3) is 0. The fourth-order valence-electron chi connectivity index (χ4n) is 1.53. The summed E-state index contributed by atoms with van der Waals surface area (Å²) in [6.45, 7) is 0. The highest BCUT2D eigenvalue weighted by Gasteiger charge is 2.01. The molecule has 5 heteroatoms. The number of nitro groups is 1. The Hall–Kier alpha value is -2.95. The van der Waals surface area contributed by atoms with E-state index in [4.69, 9.17) is 0 Å². The number of anilines is 1. The Morgan fingerprint density at radius 2 is 1.75 bits per heavy atom. The van der Waals surface area contributed by atoms with Gasteiger partial charge in [-0.25, -0.2) is 0 Å². The van der Waals surface area contributed by atoms with Crippen molar-refractivity contribution in [2.45, 2.75) is 0 Å². The van der Waals surface area contributed by atoms with Gasteiger partial charge in [0.1, 0.15) is 0 Å². The van der Waals surface area contributed by atoms with Gasteiger partial charge in [0, 0.05) is 18.3 Å². The highest BCUT2D eigenvalue weighted by Crippen LogP contribution is 2.12. The Bertz CT molecular complexity index is 619. The van der Waals surface area contributed by atoms with Crippen molar-refractivity contribution in [3.05, 3.63) is 76.4 Å². The van der Waals surface area contributed by atoms with Crippen molar-refractivity contribution in [3.8, 4) is 0 Å². The molecule has 1 N–H and O–H groups in total. The van der Waals surface area contributed by atoms with Gasteiger partial charge in [-0.05, 0) is 35.9 Å². The normalized spacial score (nSPS) is 11.0. The molecule has 0 aliphatic heterocycles. The SMILES string of the molecule is O=[N+]([O-])c1ccc(/C=C/C=N/Nc2ccccc2)cc1. The molecule has 0 aromatic heterocycles. The summed E-state index contributed by atoms with van der Waals surface area (Å²) < 4.78 is 0. The molecule has 0 saturated carbocycles. The molecule has 0 spiro atoms. The minimum absolute atomic E-state index is 0.0848. The van der Waals surface area contributed by atoms with Gasteiger partial charge in [0.15, 0.2) is 0 Å². The van der Waals surface area contributed by atoms with E-state index in [0.717, 1.165) is 11.3 Å². The van der Waals surface area contributed by atoms with Crippen molar-refractivity contribution >= 4 is 23.7 Å². The maximum absolute atomic E-state index is 10.5. The van der Waals surface area contributed by atoms with Crippen molar-refractivity contribution in [2.75, 3.05) is 5.43 Å². The predicted octanol–water partition coefficient (Wildman–Crippen LogP) is 3.71. The van der Waals surface area contributed by atoms with E-state index in [-0.39, 0.29) is 5.69 Å². The van der Waals surface area contributed by atoms with Gasteiger partial charge < -0.3 is 0 Å². The van der Waals surface area contributed by atoms with E-state index in [2.05, 4.69) is 10.5 Å². The van der Waals surface area contributed by atoms with Crippen LogP contribution in [0.4, 0.5) is 11.4 Å². The zero-order valence-electron chi connectivity index (χ0n) is 10.6. The number of hydrogen-bond donors (Lipinski definition) is 1. The number of hydrazone groups is 1. The molecule has 0 atom stereocenters. The second-order valence-corrected chi connectivity index (χ2v) is 3.96. The summed E-state index contributed by atoms with van der Waals surface area (Å²) in [5.41, 5.74) is 4.75. The summed E-state index contributed by atoms with van der Waals surface area (Å²) in [5, 5.41) is 14.5. The van der Waals surface area contributed by atoms with Crippen molar-refractivity contribution in [3.63, 3.8) is 0 Å². The van der Waals surface area contributed by atoms with Crippen molar-refractivity contribution in [1.82, 2.24) is 0 Å². The molecule has 0 saturated heterocycles. The first kappa shape index (κ1) is 13.5. The van der Waals surface area contributed by atoms with Crippen LogP contribution in [0.15, 0.2) is 65.8 Å². The van der Waals surface area contributed by atoms with Crippen LogP contribution in [-0.4, -0.2) is 11.1 Å². The quantitative estimate of drug-likeness (QED) is 0.510. The number of hydrogen-bond acceptors (Lipinski definition) is 4. The summed E-state index contributed by atoms with van der Waals surface area (Å²) in [7, 11) is 0. The van der Waals surface area contributed by atoms with Gasteiger partial charge in [0.25, 0.3) is 5.69 Å². The third-order valence-corrected chi connectivity index (χ3v) is 2.52. The van der Waals surface area contributed by atoms with Gasteiger partial charge in [-0.1, -0.05) is 24.3 Å². The van der Waals surface area contributed by atoms with Gasteiger partial charge in [0.2, 0.25) is 0 Å². The maximum Gasteiger partial charge on any atom is 0.269 e. The average Bonchev–Trinajstić information content (AvgIpc) is 2.48. The summed E-state index contributed by atoms with van der Waals surface area (Å²) in [6.07, 6.45) is 5.20. The van der Waals surface area contributed by atoms with Crippen LogP contribution in [0.1, 0.15) is 5.56 Å². The molecule has 2 rings (SSSR count). The van der Waals surface area contributed by atoms with E-state index in [9.17, 15) is 10.1 Å². The number of non-ortho nitro benzene ring substituents is 1. The largest absolute Gasteiger partial charge is 0.279 e. The Balaban J connectivity index is 1.88. The third kappa shape index (κ3) is 4.06. The number of para-hydroxylation sites is 1. The number of nitrogens with one attached hydrogen (secondary N) is 1. The average molecular weight is 267 g/mol. The molecule has 2 aromatic carbocycles. The molecule has 20 heavy (non-hydrogen) atoms. The van der Waals surface area contributed by atoms with E-state index in [1.807, 2.05) is 36.4 Å². The molecular formula is C15H13N3O2. The van der Waals surface area contributed by atoms with E-state index in [0.29, 0.717) is 0 Å². The number of nitro benzene ring substituents is 1. The predicted molar refractivity (Wildman–Crippen MR) is 80.7 cm³/mol. The highest BCUT2D eigenvalue weighted by molar-refractivity contribution is 5.78. The van der Waals surface area contributed by atoms with Crippen LogP contribution in [0.5, 0.6) is 0 Å². The smallest absolute Gasteiger partial charge is 0.269 e. The van der Waals surface area contributed by atoms with Gasteiger partial charge in [-0.3, -0.25) is 15.5 Å². The number of allylic oxidation sites excluding steroid dienone is 1. The Kier molecular flexibility index (Phi) is 4.61. The third-order valence-electron chi connectivity index (χ3n) is 2.52. The second-order valence-electron chi connectivity index (χ2n) is 3.96. The Morgan fingerprint density at radius 1 is 1.05 bits per heavy atom. The molecule has 5 nitrogen and oxygen atoms in total. The molecule has 2 aromatic rings. The molecule has 0 amide bonds. The molecule has 0 fully saturated rings. The topological polar surface area (TPSA) is 67.5 Å². The van der Waals surface area contributed by atoms with Crippen LogP contribution >= 0.6 is 0 Å². The monoisotopic (exact) mass is 267 g/mol. The lowest BCUT2D eigenvalue weighted by molar-refractivity contribution is -0.384. The van der Waals surface area contributed by atoms with Crippen LogP contribution < -0.4 is 5.43 Å². The molecule has 100 valence electrons. The maximum atomic E-state index is 10.5. The zero-order valence-corrected chi connectivity index (χ0v) is 10.6. The molecule has 0 aliphatic rings. The van der Waals surface area contributed by atoms with Crippen LogP contribution in [-0.2, 0) is 0 Å². The van der Waals surface area contributed by atoms with Crippen molar-refractivity contribution in [1.29, 1.82) is 0 Å². The second kappa shape index (κ2) is 6.84. The lowest BCUT2D eigenvalue weighted by atomic mass is 10.2. The van der Waals surface area contributed by atoms with Gasteiger partial charge in [0.05, 0.1) is 10.6 Å².